The first-order chi connectivity index (χ1) is 6.25. The van der Waals surface area contributed by atoms with Gasteiger partial charge in [0.1, 0.15) is 0 Å². The number of hydrogen-bond donors (Lipinski definition) is 0. The second-order valence-electron chi connectivity index (χ2n) is 3.40. The molecule has 0 amide bonds. The molecule has 72 valence electrons. The van der Waals surface area contributed by atoms with Gasteiger partial charge in [0.15, 0.2) is 0 Å². The quantitative estimate of drug-likeness (QED) is 0.701. The van der Waals surface area contributed by atoms with Crippen molar-refractivity contribution in [2.75, 3.05) is 11.5 Å². The molecule has 1 aliphatic rings. The number of nitrogens with zero attached hydrogens (tertiary/aromatic N) is 3. The first kappa shape index (κ1) is 9.34. The van der Waals surface area contributed by atoms with Crippen LogP contribution in [-0.2, 0) is 13.5 Å². The first-order valence-electron chi connectivity index (χ1n) is 4.32. The van der Waals surface area contributed by atoms with Crippen LogP contribution in [-0.4, -0.2) is 31.9 Å². The van der Waals surface area contributed by atoms with Gasteiger partial charge in [0.2, 0.25) is 0 Å². The molecule has 13 heavy (non-hydrogen) atoms. The van der Waals surface area contributed by atoms with E-state index in [1.54, 1.807) is 4.68 Å². The van der Waals surface area contributed by atoms with Crippen LogP contribution >= 0.6 is 23.4 Å². The normalized spacial score (nSPS) is 28.2. The largest absolute Gasteiger partial charge is 0.255 e. The predicted molar refractivity (Wildman–Crippen MR) is 55.2 cm³/mol. The van der Waals surface area contributed by atoms with E-state index in [2.05, 4.69) is 10.3 Å². The highest BCUT2D eigenvalue weighted by Gasteiger charge is 2.26. The van der Waals surface area contributed by atoms with E-state index in [9.17, 15) is 0 Å². The molecule has 3 nitrogen and oxygen atoms in total. The molecule has 1 saturated heterocycles. The lowest BCUT2D eigenvalue weighted by atomic mass is 10.0. The minimum Gasteiger partial charge on any atom is -0.255 e. The number of alkyl halides is 1. The fourth-order valence-corrected chi connectivity index (χ4v) is 3.35. The molecule has 2 atom stereocenters. The molecule has 2 rings (SSSR count). The maximum Gasteiger partial charge on any atom is 0.0830 e. The van der Waals surface area contributed by atoms with Crippen LogP contribution in [0, 0.1) is 5.92 Å². The summed E-state index contributed by atoms with van der Waals surface area (Å²) in [5.74, 6) is 2.81. The van der Waals surface area contributed by atoms with Crippen molar-refractivity contribution in [1.82, 2.24) is 15.0 Å². The van der Waals surface area contributed by atoms with Gasteiger partial charge in [-0.3, -0.25) is 4.68 Å². The van der Waals surface area contributed by atoms with Crippen LogP contribution < -0.4 is 0 Å². The van der Waals surface area contributed by atoms with Gasteiger partial charge in [-0.15, -0.1) is 16.7 Å². The minimum atomic E-state index is 0.312. The molecule has 1 fully saturated rings. The first-order valence-corrected chi connectivity index (χ1v) is 5.92. The predicted octanol–water partition coefficient (Wildman–Crippen LogP) is 1.33. The maximum atomic E-state index is 6.16. The zero-order chi connectivity index (χ0) is 9.26. The average Bonchev–Trinajstić information content (AvgIpc) is 2.64. The molecule has 0 radical (unpaired) electrons. The Labute approximate surface area is 86.8 Å². The molecule has 2 unspecified atom stereocenters. The summed E-state index contributed by atoms with van der Waals surface area (Å²) in [6, 6.07) is 0. The lowest BCUT2D eigenvalue weighted by molar-refractivity contribution is 0.592. The van der Waals surface area contributed by atoms with Crippen molar-refractivity contribution in [3.63, 3.8) is 0 Å². The summed E-state index contributed by atoms with van der Waals surface area (Å²) >= 11 is 8.09. The van der Waals surface area contributed by atoms with Crippen LogP contribution in [0.3, 0.4) is 0 Å². The highest BCUT2D eigenvalue weighted by Crippen LogP contribution is 2.30. The van der Waals surface area contributed by atoms with E-state index in [0.29, 0.717) is 11.3 Å². The van der Waals surface area contributed by atoms with Crippen molar-refractivity contribution in [3.8, 4) is 0 Å². The summed E-state index contributed by atoms with van der Waals surface area (Å²) in [5.41, 5.74) is 1.06. The Morgan fingerprint density at radius 3 is 3.08 bits per heavy atom. The lowest BCUT2D eigenvalue weighted by Gasteiger charge is -2.09. The Morgan fingerprint density at radius 1 is 1.69 bits per heavy atom. The third-order valence-electron chi connectivity index (χ3n) is 2.24. The smallest absolute Gasteiger partial charge is 0.0830 e. The van der Waals surface area contributed by atoms with Crippen LogP contribution in [0.5, 0.6) is 0 Å². The molecule has 0 saturated carbocycles. The average molecular weight is 218 g/mol. The molecule has 2 heterocycles. The summed E-state index contributed by atoms with van der Waals surface area (Å²) in [5, 5.41) is 8.27. The minimum absolute atomic E-state index is 0.312. The molecule has 1 aromatic rings. The van der Waals surface area contributed by atoms with Gasteiger partial charge in [-0.25, -0.2) is 0 Å². The van der Waals surface area contributed by atoms with E-state index in [4.69, 9.17) is 11.6 Å². The SMILES string of the molecule is Cn1cc(CC2CSCC2Cl)nn1. The summed E-state index contributed by atoms with van der Waals surface area (Å²) in [7, 11) is 1.89. The standard InChI is InChI=1S/C8H12ClN3S/c1-12-3-7(10-11-12)2-6-4-13-5-8(6)9/h3,6,8H,2,4-5H2,1H3. The Balaban J connectivity index is 1.97. The van der Waals surface area contributed by atoms with Crippen molar-refractivity contribution in [2.24, 2.45) is 13.0 Å². The van der Waals surface area contributed by atoms with E-state index in [0.717, 1.165) is 23.6 Å². The van der Waals surface area contributed by atoms with Crippen LogP contribution in [0.1, 0.15) is 5.69 Å². The van der Waals surface area contributed by atoms with Crippen LogP contribution in [0.2, 0.25) is 0 Å². The Kier molecular flexibility index (Phi) is 2.79. The van der Waals surface area contributed by atoms with E-state index in [1.807, 2.05) is 25.0 Å². The van der Waals surface area contributed by atoms with Crippen molar-refractivity contribution >= 4 is 23.4 Å². The number of halogens is 1. The highest BCUT2D eigenvalue weighted by molar-refractivity contribution is 7.99. The number of aromatic nitrogens is 3. The summed E-state index contributed by atoms with van der Waals surface area (Å²) in [6.07, 6.45) is 2.93. The Bertz CT molecular complexity index is 289. The van der Waals surface area contributed by atoms with Crippen LogP contribution in [0.4, 0.5) is 0 Å². The monoisotopic (exact) mass is 217 g/mol. The third-order valence-corrected chi connectivity index (χ3v) is 4.19. The maximum absolute atomic E-state index is 6.16. The molecule has 5 heteroatoms. The highest BCUT2D eigenvalue weighted by atomic mass is 35.5. The van der Waals surface area contributed by atoms with Gasteiger partial charge >= 0.3 is 0 Å². The van der Waals surface area contributed by atoms with Gasteiger partial charge in [-0.2, -0.15) is 11.8 Å². The molecular formula is C8H12ClN3S. The second-order valence-corrected chi connectivity index (χ2v) is 5.04. The van der Waals surface area contributed by atoms with Crippen LogP contribution in [0.15, 0.2) is 6.20 Å². The van der Waals surface area contributed by atoms with Gasteiger partial charge < -0.3 is 0 Å². The van der Waals surface area contributed by atoms with Crippen LogP contribution in [0.25, 0.3) is 0 Å². The van der Waals surface area contributed by atoms with Crippen molar-refractivity contribution in [1.29, 1.82) is 0 Å². The Morgan fingerprint density at radius 2 is 2.54 bits per heavy atom. The fourth-order valence-electron chi connectivity index (χ4n) is 1.52. The van der Waals surface area contributed by atoms with E-state index < -0.39 is 0 Å². The van der Waals surface area contributed by atoms with Gasteiger partial charge in [0, 0.05) is 24.4 Å². The molecule has 0 aliphatic carbocycles. The molecule has 1 aromatic heterocycles. The Hall–Kier alpha value is -0.220. The number of thioether (sulfide) groups is 1. The third kappa shape index (κ3) is 2.17. The van der Waals surface area contributed by atoms with E-state index in [1.165, 1.54) is 0 Å². The number of rotatable bonds is 2. The molecule has 0 N–H and O–H groups in total. The van der Waals surface area contributed by atoms with Gasteiger partial charge in [-0.1, -0.05) is 5.21 Å². The lowest BCUT2D eigenvalue weighted by Crippen LogP contribution is -2.14. The van der Waals surface area contributed by atoms with Gasteiger partial charge in [0.25, 0.3) is 0 Å². The summed E-state index contributed by atoms with van der Waals surface area (Å²) in [6.45, 7) is 0. The topological polar surface area (TPSA) is 30.7 Å². The van der Waals surface area contributed by atoms with E-state index in [-0.39, 0.29) is 0 Å². The summed E-state index contributed by atoms with van der Waals surface area (Å²) < 4.78 is 1.74. The second kappa shape index (κ2) is 3.88. The zero-order valence-electron chi connectivity index (χ0n) is 7.48. The molecule has 0 spiro atoms. The van der Waals surface area contributed by atoms with Gasteiger partial charge in [0.05, 0.1) is 5.69 Å². The zero-order valence-corrected chi connectivity index (χ0v) is 9.05. The number of aryl methyl sites for hydroxylation is 1. The fraction of sp³-hybridized carbons (Fsp3) is 0.750. The van der Waals surface area contributed by atoms with Crippen molar-refractivity contribution in [3.05, 3.63) is 11.9 Å². The van der Waals surface area contributed by atoms with Crippen molar-refractivity contribution < 1.29 is 0 Å². The molecular weight excluding hydrogens is 206 g/mol. The van der Waals surface area contributed by atoms with Gasteiger partial charge in [-0.05, 0) is 18.1 Å². The summed E-state index contributed by atoms with van der Waals surface area (Å²) in [4.78, 5) is 0. The van der Waals surface area contributed by atoms with E-state index >= 15 is 0 Å². The molecule has 0 aromatic carbocycles. The molecule has 1 aliphatic heterocycles. The number of hydrogen-bond acceptors (Lipinski definition) is 3. The van der Waals surface area contributed by atoms with Crippen molar-refractivity contribution in [2.45, 2.75) is 11.8 Å². The molecule has 0 bridgehead atoms.